The highest BCUT2D eigenvalue weighted by Crippen LogP contribution is 2.36. The molecule has 4 rings (SSSR count). The van der Waals surface area contributed by atoms with Crippen molar-refractivity contribution in [2.75, 3.05) is 22.9 Å². The Balaban J connectivity index is 1.90. The number of para-hydroxylation sites is 1. The number of fused-ring (bicyclic) bond motifs is 1. The number of Topliss-reactive ketones (excluding diaryl/α,β-unsaturated/α-hetero) is 1. The largest absolute Gasteiger partial charge is 0.505 e. The van der Waals surface area contributed by atoms with Crippen molar-refractivity contribution >= 4 is 38.2 Å². The van der Waals surface area contributed by atoms with Crippen LogP contribution in [0.3, 0.4) is 0 Å². The van der Waals surface area contributed by atoms with E-state index in [2.05, 4.69) is 15.5 Å². The van der Waals surface area contributed by atoms with Crippen LogP contribution in [-0.4, -0.2) is 47.8 Å². The van der Waals surface area contributed by atoms with Crippen LogP contribution in [0, 0.1) is 5.82 Å². The van der Waals surface area contributed by atoms with Crippen LogP contribution in [0.25, 0.3) is 22.2 Å². The topological polar surface area (TPSA) is 128 Å². The van der Waals surface area contributed by atoms with Gasteiger partial charge in [-0.05, 0) is 48.7 Å². The number of carbonyl (C=O) groups is 1. The number of aromatic hydroxyl groups is 1. The van der Waals surface area contributed by atoms with Crippen molar-refractivity contribution in [2.45, 2.75) is 39.7 Å². The number of ketones is 1. The molecule has 0 unspecified atom stereocenters. The van der Waals surface area contributed by atoms with Crippen molar-refractivity contribution in [3.8, 4) is 17.0 Å². The molecule has 9 nitrogen and oxygen atoms in total. The van der Waals surface area contributed by atoms with Gasteiger partial charge in [-0.15, -0.1) is 0 Å². The number of carbonyl (C=O) groups excluding carboxylic acids is 1. The van der Waals surface area contributed by atoms with Crippen molar-refractivity contribution in [3.63, 3.8) is 0 Å². The molecule has 0 saturated heterocycles. The number of H-pyrrole nitrogens is 1. The predicted molar refractivity (Wildman–Crippen MR) is 147 cm³/mol. The molecule has 2 heterocycles. The Morgan fingerprint density at radius 2 is 1.92 bits per heavy atom. The summed E-state index contributed by atoms with van der Waals surface area (Å²) in [6, 6.07) is 11.0. The van der Waals surface area contributed by atoms with E-state index in [4.69, 9.17) is 4.98 Å². The first-order valence-electron chi connectivity index (χ1n) is 12.2. The van der Waals surface area contributed by atoms with Gasteiger partial charge in [0.25, 0.3) is 0 Å². The molecule has 3 N–H and O–H groups in total. The molecule has 1 atom stereocenters. The summed E-state index contributed by atoms with van der Waals surface area (Å²) >= 11 is 0. The van der Waals surface area contributed by atoms with E-state index in [0.29, 0.717) is 51.2 Å². The summed E-state index contributed by atoms with van der Waals surface area (Å²) in [5.74, 6) is -1.06. The van der Waals surface area contributed by atoms with Crippen molar-refractivity contribution in [1.82, 2.24) is 15.2 Å². The standard InChI is InChI=1S/C27H30FN5O4S/c1-6-16-12-24(35)19(28)13-18(16)20-14-21-25(26(32-31-21)23(34)7-2)27(30-20)29-15(3)17-10-8-9-11-22(17)33(4)38(5,36)37/h8-15,35H,6-7H2,1-5H3,(H,29,30)(H,31,32)/t15-/m1/s1. The number of benzene rings is 2. The molecule has 0 radical (unpaired) electrons. The summed E-state index contributed by atoms with van der Waals surface area (Å²) < 4.78 is 40.1. The lowest BCUT2D eigenvalue weighted by atomic mass is 10.00. The quantitative estimate of drug-likeness (QED) is 0.250. The minimum Gasteiger partial charge on any atom is -0.505 e. The fourth-order valence-electron chi connectivity index (χ4n) is 4.39. The highest BCUT2D eigenvalue weighted by atomic mass is 32.2. The normalized spacial score (nSPS) is 12.5. The van der Waals surface area contributed by atoms with Gasteiger partial charge in [-0.25, -0.2) is 17.8 Å². The molecular weight excluding hydrogens is 509 g/mol. The van der Waals surface area contributed by atoms with Gasteiger partial charge >= 0.3 is 0 Å². The van der Waals surface area contributed by atoms with Crippen molar-refractivity contribution in [1.29, 1.82) is 0 Å². The second-order valence-electron chi connectivity index (χ2n) is 9.10. The fourth-order valence-corrected chi connectivity index (χ4v) is 4.92. The lowest BCUT2D eigenvalue weighted by Crippen LogP contribution is -2.26. The molecule has 2 aromatic carbocycles. The maximum absolute atomic E-state index is 14.4. The van der Waals surface area contributed by atoms with E-state index in [0.717, 1.165) is 6.26 Å². The Labute approximate surface area is 220 Å². The number of anilines is 2. The molecule has 0 spiro atoms. The third-order valence-electron chi connectivity index (χ3n) is 6.55. The number of aromatic amines is 1. The second kappa shape index (κ2) is 10.4. The molecular formula is C27H30FN5O4S. The van der Waals surface area contributed by atoms with E-state index in [1.54, 1.807) is 25.1 Å². The maximum atomic E-state index is 14.4. The van der Waals surface area contributed by atoms with Crippen LogP contribution in [0.5, 0.6) is 5.75 Å². The van der Waals surface area contributed by atoms with Gasteiger partial charge in [-0.3, -0.25) is 14.2 Å². The van der Waals surface area contributed by atoms with Crippen molar-refractivity contribution < 1.29 is 22.7 Å². The summed E-state index contributed by atoms with van der Waals surface area (Å²) in [5.41, 5.74) is 3.55. The van der Waals surface area contributed by atoms with Gasteiger partial charge < -0.3 is 10.4 Å². The Kier molecular flexibility index (Phi) is 7.41. The Morgan fingerprint density at radius 1 is 1.21 bits per heavy atom. The van der Waals surface area contributed by atoms with E-state index in [1.165, 1.54) is 23.5 Å². The van der Waals surface area contributed by atoms with E-state index in [9.17, 15) is 22.7 Å². The van der Waals surface area contributed by atoms with Crippen LogP contribution in [0.15, 0.2) is 42.5 Å². The predicted octanol–water partition coefficient (Wildman–Crippen LogP) is 5.19. The average molecular weight is 540 g/mol. The van der Waals surface area contributed by atoms with Gasteiger partial charge in [0.05, 0.1) is 34.6 Å². The molecule has 200 valence electrons. The van der Waals surface area contributed by atoms with Gasteiger partial charge in [0.2, 0.25) is 10.0 Å². The zero-order chi connectivity index (χ0) is 27.8. The molecule has 4 aromatic rings. The monoisotopic (exact) mass is 539 g/mol. The minimum absolute atomic E-state index is 0.177. The Bertz CT molecular complexity index is 1630. The van der Waals surface area contributed by atoms with Crippen molar-refractivity contribution in [2.24, 2.45) is 0 Å². The zero-order valence-electron chi connectivity index (χ0n) is 21.8. The summed E-state index contributed by atoms with van der Waals surface area (Å²) in [7, 11) is -2.03. The first kappa shape index (κ1) is 27.1. The number of rotatable bonds is 9. The molecule has 0 amide bonds. The fraction of sp³-hybridized carbons (Fsp3) is 0.296. The number of aryl methyl sites for hydroxylation is 1. The molecule has 38 heavy (non-hydrogen) atoms. The number of hydrogen-bond acceptors (Lipinski definition) is 7. The van der Waals surface area contributed by atoms with Crippen LogP contribution in [0.2, 0.25) is 0 Å². The number of nitrogens with one attached hydrogen (secondary N) is 2. The molecule has 0 fully saturated rings. The third-order valence-corrected chi connectivity index (χ3v) is 7.74. The first-order valence-corrected chi connectivity index (χ1v) is 14.0. The average Bonchev–Trinajstić information content (AvgIpc) is 3.33. The summed E-state index contributed by atoms with van der Waals surface area (Å²) in [4.78, 5) is 17.5. The molecule has 2 aromatic heterocycles. The van der Waals surface area contributed by atoms with Crippen LogP contribution < -0.4 is 9.62 Å². The Morgan fingerprint density at radius 3 is 2.58 bits per heavy atom. The number of phenolic OH excluding ortho intramolecular Hbond substituents is 1. The molecule has 11 heteroatoms. The van der Waals surface area contributed by atoms with Gasteiger partial charge in [0, 0.05) is 19.0 Å². The number of halogens is 1. The van der Waals surface area contributed by atoms with Gasteiger partial charge in [-0.1, -0.05) is 32.0 Å². The molecule has 0 bridgehead atoms. The smallest absolute Gasteiger partial charge is 0.232 e. The van der Waals surface area contributed by atoms with E-state index < -0.39 is 27.6 Å². The molecule has 0 aliphatic carbocycles. The van der Waals surface area contributed by atoms with E-state index in [-0.39, 0.29) is 17.9 Å². The molecule has 0 aliphatic rings. The van der Waals surface area contributed by atoms with Gasteiger partial charge in [0.1, 0.15) is 11.5 Å². The lowest BCUT2D eigenvalue weighted by Gasteiger charge is -2.24. The van der Waals surface area contributed by atoms with Crippen LogP contribution in [-0.2, 0) is 16.4 Å². The van der Waals surface area contributed by atoms with E-state index in [1.807, 2.05) is 26.0 Å². The van der Waals surface area contributed by atoms with Crippen LogP contribution in [0.1, 0.15) is 54.8 Å². The maximum Gasteiger partial charge on any atom is 0.232 e. The van der Waals surface area contributed by atoms with Gasteiger partial charge in [-0.2, -0.15) is 5.10 Å². The summed E-state index contributed by atoms with van der Waals surface area (Å²) in [6.07, 6.45) is 1.89. The number of pyridine rings is 1. The number of nitrogens with zero attached hydrogens (tertiary/aromatic N) is 3. The molecule has 0 saturated carbocycles. The highest BCUT2D eigenvalue weighted by Gasteiger charge is 2.23. The zero-order valence-corrected chi connectivity index (χ0v) is 22.6. The minimum atomic E-state index is -3.52. The summed E-state index contributed by atoms with van der Waals surface area (Å²) in [6.45, 7) is 5.48. The third kappa shape index (κ3) is 5.06. The van der Waals surface area contributed by atoms with E-state index >= 15 is 0 Å². The van der Waals surface area contributed by atoms with Crippen LogP contribution >= 0.6 is 0 Å². The number of aromatic nitrogens is 3. The first-order chi connectivity index (χ1) is 18.0. The van der Waals surface area contributed by atoms with Crippen LogP contribution in [0.4, 0.5) is 15.9 Å². The lowest BCUT2D eigenvalue weighted by molar-refractivity contribution is 0.0985. The number of phenols is 1. The summed E-state index contributed by atoms with van der Waals surface area (Å²) in [5, 5.41) is 20.8. The number of hydrogen-bond donors (Lipinski definition) is 3. The second-order valence-corrected chi connectivity index (χ2v) is 11.1. The SMILES string of the molecule is CCC(=O)c1n[nH]c2cc(-c3cc(F)c(O)cc3CC)nc(N[C@H](C)c3ccccc3N(C)S(C)(=O)=O)c12. The van der Waals surface area contributed by atoms with Crippen molar-refractivity contribution in [3.05, 3.63) is 65.1 Å². The molecule has 0 aliphatic heterocycles. The van der Waals surface area contributed by atoms with Gasteiger partial charge in [0.15, 0.2) is 17.3 Å². The Hall–Kier alpha value is -3.99. The highest BCUT2D eigenvalue weighted by molar-refractivity contribution is 7.92. The number of sulfonamides is 1.